The van der Waals surface area contributed by atoms with Crippen LogP contribution in [0.25, 0.3) is 0 Å². The van der Waals surface area contributed by atoms with Gasteiger partial charge in [-0.2, -0.15) is 0 Å². The second-order valence-electron chi connectivity index (χ2n) is 3.40. The van der Waals surface area contributed by atoms with Crippen LogP contribution >= 0.6 is 0 Å². The lowest BCUT2D eigenvalue weighted by molar-refractivity contribution is 0.0593. The summed E-state index contributed by atoms with van der Waals surface area (Å²) in [6, 6.07) is 1.98. The molecule has 1 rings (SSSR count). The molecule has 16 heavy (non-hydrogen) atoms. The number of benzene rings is 1. The van der Waals surface area contributed by atoms with Crippen LogP contribution in [-0.4, -0.2) is 19.2 Å². The molecule has 0 unspecified atom stereocenters. The van der Waals surface area contributed by atoms with E-state index in [1.165, 1.54) is 0 Å². The summed E-state index contributed by atoms with van der Waals surface area (Å²) in [5.74, 6) is -3.32. The lowest BCUT2D eigenvalue weighted by atomic mass is 10.2. The van der Waals surface area contributed by atoms with E-state index in [1.807, 2.05) is 0 Å². The summed E-state index contributed by atoms with van der Waals surface area (Å²) in [4.78, 5) is 11.1. The molecule has 0 fully saturated rings. The smallest absolute Gasteiger partial charge is 0.340 e. The summed E-state index contributed by atoms with van der Waals surface area (Å²) in [6.45, 7) is 3.26. The fourth-order valence-electron chi connectivity index (χ4n) is 1.14. The maximum absolute atomic E-state index is 13.7. The van der Waals surface area contributed by atoms with Crippen molar-refractivity contribution >= 4 is 5.97 Å². The van der Waals surface area contributed by atoms with Crippen molar-refractivity contribution in [2.24, 2.45) is 0 Å². The topological polar surface area (TPSA) is 35.5 Å². The Labute approximate surface area is 92.0 Å². The van der Waals surface area contributed by atoms with E-state index >= 15 is 0 Å². The van der Waals surface area contributed by atoms with Crippen molar-refractivity contribution < 1.29 is 23.0 Å². The van der Waals surface area contributed by atoms with Crippen molar-refractivity contribution in [1.82, 2.24) is 0 Å². The molecule has 0 N–H and O–H groups in total. The maximum atomic E-state index is 13.7. The van der Waals surface area contributed by atoms with Gasteiger partial charge in [-0.15, -0.1) is 0 Å². The molecule has 0 aliphatic carbocycles. The first kappa shape index (κ1) is 12.4. The number of rotatable bonds is 3. The van der Waals surface area contributed by atoms with E-state index in [0.29, 0.717) is 0 Å². The predicted molar refractivity (Wildman–Crippen MR) is 53.5 cm³/mol. The lowest BCUT2D eigenvalue weighted by Crippen LogP contribution is -2.12. The standard InChI is InChI=1S/C11H12F2O3/c1-6(2)16-10-8(12)5-4-7(9(10)13)11(14)15-3/h4-6H,1-3H3. The summed E-state index contributed by atoms with van der Waals surface area (Å²) in [7, 11) is 1.12. The molecule has 5 heteroatoms. The molecule has 1 aromatic rings. The minimum atomic E-state index is -1.04. The van der Waals surface area contributed by atoms with Gasteiger partial charge in [0.1, 0.15) is 0 Å². The fourth-order valence-corrected chi connectivity index (χ4v) is 1.14. The van der Waals surface area contributed by atoms with E-state index < -0.39 is 29.5 Å². The van der Waals surface area contributed by atoms with Gasteiger partial charge in [0.05, 0.1) is 18.8 Å². The Hall–Kier alpha value is -1.65. The van der Waals surface area contributed by atoms with Crippen molar-refractivity contribution in [3.8, 4) is 5.75 Å². The number of methoxy groups -OCH3 is 1. The van der Waals surface area contributed by atoms with Gasteiger partial charge in [-0.05, 0) is 26.0 Å². The summed E-state index contributed by atoms with van der Waals surface area (Å²) in [6.07, 6.45) is -0.392. The third-order valence-electron chi connectivity index (χ3n) is 1.81. The molecule has 0 aliphatic rings. The summed E-state index contributed by atoms with van der Waals surface area (Å²) in [5.41, 5.74) is -0.348. The fraction of sp³-hybridized carbons (Fsp3) is 0.364. The highest BCUT2D eigenvalue weighted by Gasteiger charge is 2.20. The van der Waals surface area contributed by atoms with Crippen LogP contribution in [0.15, 0.2) is 12.1 Å². The van der Waals surface area contributed by atoms with Gasteiger partial charge in [-0.3, -0.25) is 0 Å². The van der Waals surface area contributed by atoms with Crippen molar-refractivity contribution in [1.29, 1.82) is 0 Å². The number of hydrogen-bond donors (Lipinski definition) is 0. The first-order chi connectivity index (χ1) is 7.47. The molecule has 0 atom stereocenters. The monoisotopic (exact) mass is 230 g/mol. The van der Waals surface area contributed by atoms with Gasteiger partial charge < -0.3 is 9.47 Å². The molecule has 0 heterocycles. The van der Waals surface area contributed by atoms with E-state index in [4.69, 9.17) is 4.74 Å². The Morgan fingerprint density at radius 2 is 1.94 bits per heavy atom. The molecule has 3 nitrogen and oxygen atoms in total. The third kappa shape index (κ3) is 2.48. The van der Waals surface area contributed by atoms with Crippen molar-refractivity contribution in [2.75, 3.05) is 7.11 Å². The first-order valence-electron chi connectivity index (χ1n) is 4.70. The predicted octanol–water partition coefficient (Wildman–Crippen LogP) is 2.54. The Balaban J connectivity index is 3.21. The second kappa shape index (κ2) is 4.92. The van der Waals surface area contributed by atoms with Crippen LogP contribution in [0.2, 0.25) is 0 Å². The Kier molecular flexibility index (Phi) is 3.82. The number of halogens is 2. The normalized spacial score (nSPS) is 10.4. The number of ether oxygens (including phenoxy) is 2. The summed E-state index contributed by atoms with van der Waals surface area (Å²) in [5, 5.41) is 0. The SMILES string of the molecule is COC(=O)c1ccc(F)c(OC(C)C)c1F. The van der Waals surface area contributed by atoms with E-state index in [9.17, 15) is 13.6 Å². The molecule has 0 spiro atoms. The highest BCUT2D eigenvalue weighted by atomic mass is 19.1. The number of carbonyl (C=O) groups excluding carboxylic acids is 1. The van der Waals surface area contributed by atoms with Gasteiger partial charge in [0.15, 0.2) is 17.4 Å². The Morgan fingerprint density at radius 1 is 1.31 bits per heavy atom. The van der Waals surface area contributed by atoms with Crippen LogP contribution in [0.3, 0.4) is 0 Å². The maximum Gasteiger partial charge on any atom is 0.340 e. The zero-order valence-electron chi connectivity index (χ0n) is 9.21. The average Bonchev–Trinajstić information content (AvgIpc) is 2.23. The van der Waals surface area contributed by atoms with E-state index in [-0.39, 0.29) is 5.56 Å². The third-order valence-corrected chi connectivity index (χ3v) is 1.81. The van der Waals surface area contributed by atoms with Crippen molar-refractivity contribution in [3.05, 3.63) is 29.3 Å². The van der Waals surface area contributed by atoms with Gasteiger partial charge in [-0.25, -0.2) is 13.6 Å². The number of carbonyl (C=O) groups is 1. The first-order valence-corrected chi connectivity index (χ1v) is 4.70. The molecule has 0 saturated heterocycles. The molecule has 88 valence electrons. The van der Waals surface area contributed by atoms with Crippen molar-refractivity contribution in [3.63, 3.8) is 0 Å². The molecule has 0 aromatic heterocycles. The van der Waals surface area contributed by atoms with Gasteiger partial charge in [0.25, 0.3) is 0 Å². The van der Waals surface area contributed by atoms with Gasteiger partial charge in [-0.1, -0.05) is 0 Å². The van der Waals surface area contributed by atoms with Crippen LogP contribution in [0.4, 0.5) is 8.78 Å². The van der Waals surface area contributed by atoms with Crippen molar-refractivity contribution in [2.45, 2.75) is 20.0 Å². The highest BCUT2D eigenvalue weighted by Crippen LogP contribution is 2.26. The zero-order chi connectivity index (χ0) is 12.3. The summed E-state index contributed by atoms with van der Waals surface area (Å²) < 4.78 is 36.2. The van der Waals surface area contributed by atoms with Crippen LogP contribution < -0.4 is 4.74 Å². The zero-order valence-corrected chi connectivity index (χ0v) is 9.21. The molecule has 0 radical (unpaired) electrons. The summed E-state index contributed by atoms with van der Waals surface area (Å²) >= 11 is 0. The van der Waals surface area contributed by atoms with E-state index in [1.54, 1.807) is 13.8 Å². The lowest BCUT2D eigenvalue weighted by Gasteiger charge is -2.12. The number of esters is 1. The van der Waals surface area contributed by atoms with Gasteiger partial charge in [0, 0.05) is 0 Å². The van der Waals surface area contributed by atoms with E-state index in [0.717, 1.165) is 19.2 Å². The molecule has 0 aliphatic heterocycles. The number of hydrogen-bond acceptors (Lipinski definition) is 3. The Morgan fingerprint density at radius 3 is 2.44 bits per heavy atom. The second-order valence-corrected chi connectivity index (χ2v) is 3.40. The van der Waals surface area contributed by atoms with Crippen LogP contribution in [0.1, 0.15) is 24.2 Å². The molecule has 0 amide bonds. The largest absolute Gasteiger partial charge is 0.485 e. The van der Waals surface area contributed by atoms with E-state index in [2.05, 4.69) is 4.74 Å². The highest BCUT2D eigenvalue weighted by molar-refractivity contribution is 5.90. The molecule has 1 aromatic carbocycles. The molecular formula is C11H12F2O3. The molecular weight excluding hydrogens is 218 g/mol. The minimum absolute atomic E-state index is 0.348. The van der Waals surface area contributed by atoms with Gasteiger partial charge >= 0.3 is 5.97 Å². The molecule has 0 bridgehead atoms. The minimum Gasteiger partial charge on any atom is -0.485 e. The Bertz CT molecular complexity index is 402. The van der Waals surface area contributed by atoms with Crippen LogP contribution in [0.5, 0.6) is 5.75 Å². The van der Waals surface area contributed by atoms with Gasteiger partial charge in [0.2, 0.25) is 0 Å². The molecule has 0 saturated carbocycles. The van der Waals surface area contributed by atoms with Crippen LogP contribution in [0, 0.1) is 11.6 Å². The quantitative estimate of drug-likeness (QED) is 0.748. The van der Waals surface area contributed by atoms with Crippen LogP contribution in [-0.2, 0) is 4.74 Å². The average molecular weight is 230 g/mol.